The molecule has 1 aliphatic heterocycles. The molecule has 1 aliphatic rings. The van der Waals surface area contributed by atoms with Crippen LogP contribution < -0.4 is 10.2 Å². The number of carbonyl (C=O) groups excluding carboxylic acids is 1. The third-order valence-corrected chi connectivity index (χ3v) is 5.03. The van der Waals surface area contributed by atoms with E-state index in [1.807, 2.05) is 4.57 Å². The van der Waals surface area contributed by atoms with Crippen LogP contribution in [0, 0.1) is 13.8 Å². The fourth-order valence-electron chi connectivity index (χ4n) is 2.79. The van der Waals surface area contributed by atoms with Gasteiger partial charge in [-0.05, 0) is 26.0 Å². The Morgan fingerprint density at radius 2 is 2.04 bits per heavy atom. The van der Waals surface area contributed by atoms with Crippen LogP contribution in [0.4, 0.5) is 17.5 Å². The predicted molar refractivity (Wildman–Crippen MR) is 98.8 cm³/mol. The van der Waals surface area contributed by atoms with Crippen molar-refractivity contribution in [3.63, 3.8) is 0 Å². The summed E-state index contributed by atoms with van der Waals surface area (Å²) >= 11 is 1.36. The average molecular weight is 370 g/mol. The number of hydrogen-bond donors (Lipinski definition) is 1. The molecule has 0 bridgehead atoms. The highest BCUT2D eigenvalue weighted by atomic mass is 32.2. The van der Waals surface area contributed by atoms with Crippen LogP contribution in [0.3, 0.4) is 0 Å². The SMILES string of the molecule is Cc1ccc(N2CCn3c(SCC(=O)Nc4cc(C)on4)nnc32)cc1. The van der Waals surface area contributed by atoms with E-state index in [1.54, 1.807) is 13.0 Å². The van der Waals surface area contributed by atoms with Gasteiger partial charge < -0.3 is 14.7 Å². The Morgan fingerprint density at radius 3 is 2.77 bits per heavy atom. The van der Waals surface area contributed by atoms with Crippen molar-refractivity contribution in [2.24, 2.45) is 0 Å². The van der Waals surface area contributed by atoms with Gasteiger partial charge in [-0.3, -0.25) is 9.36 Å². The standard InChI is InChI=1S/C17H18N6O2S/c1-11-3-5-13(6-4-11)22-7-8-23-16(22)19-20-17(23)26-10-15(24)18-14-9-12(2)25-21-14/h3-6,9H,7-8,10H2,1-2H3,(H,18,21,24). The van der Waals surface area contributed by atoms with E-state index in [9.17, 15) is 4.79 Å². The molecule has 9 heteroatoms. The highest BCUT2D eigenvalue weighted by Gasteiger charge is 2.26. The third kappa shape index (κ3) is 3.30. The second kappa shape index (κ2) is 6.83. The van der Waals surface area contributed by atoms with E-state index in [-0.39, 0.29) is 11.7 Å². The van der Waals surface area contributed by atoms with E-state index >= 15 is 0 Å². The largest absolute Gasteiger partial charge is 0.360 e. The van der Waals surface area contributed by atoms with Crippen molar-refractivity contribution in [2.45, 2.75) is 25.5 Å². The molecular weight excluding hydrogens is 352 g/mol. The van der Waals surface area contributed by atoms with Gasteiger partial charge >= 0.3 is 0 Å². The first-order valence-electron chi connectivity index (χ1n) is 8.23. The van der Waals surface area contributed by atoms with Gasteiger partial charge in [0.05, 0.1) is 5.75 Å². The molecule has 1 amide bonds. The lowest BCUT2D eigenvalue weighted by Gasteiger charge is -2.15. The number of nitrogens with one attached hydrogen (secondary N) is 1. The van der Waals surface area contributed by atoms with Gasteiger partial charge in [0.1, 0.15) is 5.76 Å². The molecule has 0 saturated heterocycles. The first-order valence-corrected chi connectivity index (χ1v) is 9.22. The first kappa shape index (κ1) is 16.6. The molecule has 134 valence electrons. The van der Waals surface area contributed by atoms with Crippen LogP contribution in [0.25, 0.3) is 0 Å². The van der Waals surface area contributed by atoms with Crippen molar-refractivity contribution < 1.29 is 9.32 Å². The summed E-state index contributed by atoms with van der Waals surface area (Å²) in [5, 5.41) is 15.7. The summed E-state index contributed by atoms with van der Waals surface area (Å²) in [5.41, 5.74) is 2.32. The average Bonchev–Trinajstić information content (AvgIpc) is 3.31. The molecular formula is C17H18N6O2S. The van der Waals surface area contributed by atoms with Crippen LogP contribution >= 0.6 is 11.8 Å². The maximum atomic E-state index is 12.1. The number of thioether (sulfide) groups is 1. The zero-order valence-electron chi connectivity index (χ0n) is 14.5. The van der Waals surface area contributed by atoms with Crippen molar-refractivity contribution in [3.05, 3.63) is 41.7 Å². The molecule has 3 heterocycles. The molecule has 0 fully saturated rings. The fraction of sp³-hybridized carbons (Fsp3) is 0.294. The number of fused-ring (bicyclic) bond motifs is 1. The smallest absolute Gasteiger partial charge is 0.236 e. The lowest BCUT2D eigenvalue weighted by atomic mass is 10.2. The molecule has 26 heavy (non-hydrogen) atoms. The molecule has 1 aromatic carbocycles. The minimum absolute atomic E-state index is 0.158. The Bertz CT molecular complexity index is 933. The molecule has 3 aromatic rings. The minimum Gasteiger partial charge on any atom is -0.360 e. The Morgan fingerprint density at radius 1 is 1.23 bits per heavy atom. The molecule has 0 radical (unpaired) electrons. The maximum absolute atomic E-state index is 12.1. The summed E-state index contributed by atoms with van der Waals surface area (Å²) < 4.78 is 6.97. The zero-order chi connectivity index (χ0) is 18.1. The molecule has 0 atom stereocenters. The van der Waals surface area contributed by atoms with E-state index in [4.69, 9.17) is 4.52 Å². The van der Waals surface area contributed by atoms with Crippen molar-refractivity contribution in [1.82, 2.24) is 19.9 Å². The summed E-state index contributed by atoms with van der Waals surface area (Å²) in [6, 6.07) is 10.0. The molecule has 0 spiro atoms. The van der Waals surface area contributed by atoms with Crippen LogP contribution in [-0.4, -0.2) is 38.1 Å². The number of rotatable bonds is 5. The van der Waals surface area contributed by atoms with E-state index in [2.05, 4.69) is 56.8 Å². The molecule has 0 aliphatic carbocycles. The first-order chi connectivity index (χ1) is 12.6. The van der Waals surface area contributed by atoms with Crippen LogP contribution in [0.5, 0.6) is 0 Å². The number of amides is 1. The van der Waals surface area contributed by atoms with E-state index in [0.717, 1.165) is 29.9 Å². The molecule has 8 nitrogen and oxygen atoms in total. The Kier molecular flexibility index (Phi) is 4.37. The number of anilines is 3. The Hall–Kier alpha value is -2.81. The summed E-state index contributed by atoms with van der Waals surface area (Å²) in [7, 11) is 0. The van der Waals surface area contributed by atoms with Gasteiger partial charge in [0.2, 0.25) is 11.9 Å². The van der Waals surface area contributed by atoms with Crippen LogP contribution in [0.2, 0.25) is 0 Å². The van der Waals surface area contributed by atoms with E-state index in [1.165, 1.54) is 17.3 Å². The van der Waals surface area contributed by atoms with Crippen LogP contribution in [0.1, 0.15) is 11.3 Å². The highest BCUT2D eigenvalue weighted by Crippen LogP contribution is 2.32. The van der Waals surface area contributed by atoms with Crippen molar-refractivity contribution in [1.29, 1.82) is 0 Å². The number of aromatic nitrogens is 4. The quantitative estimate of drug-likeness (QED) is 0.691. The topological polar surface area (TPSA) is 89.1 Å². The Labute approximate surface area is 154 Å². The summed E-state index contributed by atoms with van der Waals surface area (Å²) in [4.78, 5) is 14.2. The molecule has 0 saturated carbocycles. The number of carbonyl (C=O) groups is 1. The molecule has 0 unspecified atom stereocenters. The molecule has 4 rings (SSSR count). The van der Waals surface area contributed by atoms with Gasteiger partial charge in [-0.1, -0.05) is 34.6 Å². The second-order valence-corrected chi connectivity index (χ2v) is 7.02. The number of benzene rings is 1. The number of aryl methyl sites for hydroxylation is 2. The number of hydrogen-bond acceptors (Lipinski definition) is 7. The van der Waals surface area contributed by atoms with Crippen molar-refractivity contribution in [2.75, 3.05) is 22.5 Å². The third-order valence-electron chi connectivity index (χ3n) is 4.06. The van der Waals surface area contributed by atoms with Gasteiger partial charge in [0, 0.05) is 24.8 Å². The monoisotopic (exact) mass is 370 g/mol. The van der Waals surface area contributed by atoms with Gasteiger partial charge in [0.25, 0.3) is 0 Å². The summed E-state index contributed by atoms with van der Waals surface area (Å²) in [6.45, 7) is 5.47. The van der Waals surface area contributed by atoms with Crippen molar-refractivity contribution in [3.8, 4) is 0 Å². The zero-order valence-corrected chi connectivity index (χ0v) is 15.3. The molecule has 2 aromatic heterocycles. The lowest BCUT2D eigenvalue weighted by Crippen LogP contribution is -2.15. The minimum atomic E-state index is -0.158. The van der Waals surface area contributed by atoms with Crippen molar-refractivity contribution >= 4 is 35.1 Å². The van der Waals surface area contributed by atoms with Crippen LogP contribution in [0.15, 0.2) is 40.0 Å². The normalized spacial score (nSPS) is 13.1. The van der Waals surface area contributed by atoms with Gasteiger partial charge in [0.15, 0.2) is 11.0 Å². The van der Waals surface area contributed by atoms with Crippen LogP contribution in [-0.2, 0) is 11.3 Å². The second-order valence-electron chi connectivity index (χ2n) is 6.08. The van der Waals surface area contributed by atoms with Gasteiger partial charge in [-0.25, -0.2) is 0 Å². The maximum Gasteiger partial charge on any atom is 0.236 e. The lowest BCUT2D eigenvalue weighted by molar-refractivity contribution is -0.113. The van der Waals surface area contributed by atoms with E-state index < -0.39 is 0 Å². The number of nitrogens with zero attached hydrogens (tertiary/aromatic N) is 5. The predicted octanol–water partition coefficient (Wildman–Crippen LogP) is 2.77. The fourth-order valence-corrected chi connectivity index (χ4v) is 3.55. The van der Waals surface area contributed by atoms with Gasteiger partial charge in [-0.15, -0.1) is 10.2 Å². The summed E-state index contributed by atoms with van der Waals surface area (Å²) in [6.07, 6.45) is 0. The Balaban J connectivity index is 1.41. The highest BCUT2D eigenvalue weighted by molar-refractivity contribution is 7.99. The summed E-state index contributed by atoms with van der Waals surface area (Å²) in [5.74, 6) is 1.96. The van der Waals surface area contributed by atoms with Gasteiger partial charge in [-0.2, -0.15) is 0 Å². The molecule has 1 N–H and O–H groups in total. The van der Waals surface area contributed by atoms with E-state index in [0.29, 0.717) is 11.6 Å².